The van der Waals surface area contributed by atoms with E-state index >= 15 is 0 Å². The summed E-state index contributed by atoms with van der Waals surface area (Å²) < 4.78 is 7.16. The Hall–Kier alpha value is -1.56. The second-order valence-electron chi connectivity index (χ2n) is 7.10. The van der Waals surface area contributed by atoms with Crippen molar-refractivity contribution in [1.29, 1.82) is 0 Å². The predicted molar refractivity (Wildman–Crippen MR) is 85.6 cm³/mol. The van der Waals surface area contributed by atoms with Gasteiger partial charge >= 0.3 is 6.09 Å². The highest BCUT2D eigenvalue weighted by molar-refractivity contribution is 5.68. The summed E-state index contributed by atoms with van der Waals surface area (Å²) >= 11 is 0. The van der Waals surface area contributed by atoms with E-state index in [0.29, 0.717) is 0 Å². The SMILES string of the molecule is C[C@H](NC(=O)OC(C)(C)C)C(N)c1c2c(nn1C)CCCC2. The quantitative estimate of drug-likeness (QED) is 0.897. The van der Waals surface area contributed by atoms with Crippen molar-refractivity contribution in [2.45, 2.75) is 71.1 Å². The third kappa shape index (κ3) is 3.80. The van der Waals surface area contributed by atoms with Crippen molar-refractivity contribution in [3.05, 3.63) is 17.0 Å². The molecule has 2 atom stereocenters. The zero-order chi connectivity index (χ0) is 16.5. The lowest BCUT2D eigenvalue weighted by molar-refractivity contribution is 0.0501. The van der Waals surface area contributed by atoms with Crippen LogP contribution in [0.1, 0.15) is 63.5 Å². The van der Waals surface area contributed by atoms with E-state index in [9.17, 15) is 4.79 Å². The Morgan fingerprint density at radius 2 is 2.00 bits per heavy atom. The summed E-state index contributed by atoms with van der Waals surface area (Å²) in [6, 6.07) is -0.525. The zero-order valence-corrected chi connectivity index (χ0v) is 14.3. The Labute approximate surface area is 132 Å². The van der Waals surface area contributed by atoms with Gasteiger partial charge in [-0.15, -0.1) is 0 Å². The Balaban J connectivity index is 2.09. The number of hydrogen-bond donors (Lipinski definition) is 2. The molecule has 1 aliphatic carbocycles. The molecular formula is C16H28N4O2. The lowest BCUT2D eigenvalue weighted by Crippen LogP contribution is -2.43. The average Bonchev–Trinajstić information content (AvgIpc) is 2.71. The van der Waals surface area contributed by atoms with Gasteiger partial charge in [-0.3, -0.25) is 4.68 Å². The third-order valence-electron chi connectivity index (χ3n) is 3.97. The molecule has 1 amide bonds. The van der Waals surface area contributed by atoms with Gasteiger partial charge in [0, 0.05) is 7.05 Å². The van der Waals surface area contributed by atoms with Crippen molar-refractivity contribution in [1.82, 2.24) is 15.1 Å². The fraction of sp³-hybridized carbons (Fsp3) is 0.750. The molecule has 0 fully saturated rings. The highest BCUT2D eigenvalue weighted by Gasteiger charge is 2.28. The lowest BCUT2D eigenvalue weighted by atomic mass is 9.92. The van der Waals surface area contributed by atoms with E-state index in [4.69, 9.17) is 10.5 Å². The van der Waals surface area contributed by atoms with Crippen LogP contribution in [0.2, 0.25) is 0 Å². The first-order valence-electron chi connectivity index (χ1n) is 7.99. The molecule has 6 nitrogen and oxygen atoms in total. The number of rotatable bonds is 3. The van der Waals surface area contributed by atoms with Crippen LogP contribution in [0, 0.1) is 0 Å². The molecule has 1 heterocycles. The molecule has 2 rings (SSSR count). The van der Waals surface area contributed by atoms with Gasteiger partial charge in [0.2, 0.25) is 0 Å². The standard InChI is InChI=1S/C16H28N4O2/c1-10(18-15(21)22-16(2,3)4)13(17)14-11-8-6-7-9-12(11)19-20(14)5/h10,13H,6-9,17H2,1-5H3,(H,18,21)/t10-,13?/m0/s1. The minimum absolute atomic E-state index is 0.226. The van der Waals surface area contributed by atoms with Gasteiger partial charge in [0.25, 0.3) is 0 Å². The van der Waals surface area contributed by atoms with E-state index in [1.165, 1.54) is 18.4 Å². The van der Waals surface area contributed by atoms with Gasteiger partial charge in [0.05, 0.1) is 23.5 Å². The molecular weight excluding hydrogens is 280 g/mol. The van der Waals surface area contributed by atoms with Gasteiger partial charge in [-0.2, -0.15) is 5.10 Å². The number of nitrogens with zero attached hydrogens (tertiary/aromatic N) is 2. The number of amides is 1. The summed E-state index contributed by atoms with van der Waals surface area (Å²) in [5.41, 5.74) is 9.32. The van der Waals surface area contributed by atoms with E-state index in [0.717, 1.165) is 24.2 Å². The van der Waals surface area contributed by atoms with Crippen molar-refractivity contribution in [3.63, 3.8) is 0 Å². The molecule has 1 aromatic heterocycles. The van der Waals surface area contributed by atoms with Gasteiger partial charge in [-0.05, 0) is 58.9 Å². The molecule has 1 aromatic rings. The molecule has 6 heteroatoms. The first-order valence-corrected chi connectivity index (χ1v) is 7.99. The second-order valence-corrected chi connectivity index (χ2v) is 7.10. The zero-order valence-electron chi connectivity index (χ0n) is 14.3. The fourth-order valence-corrected chi connectivity index (χ4v) is 2.94. The van der Waals surface area contributed by atoms with E-state index in [1.807, 2.05) is 39.4 Å². The minimum Gasteiger partial charge on any atom is -0.444 e. The summed E-state index contributed by atoms with van der Waals surface area (Å²) in [6.45, 7) is 7.43. The Morgan fingerprint density at radius 3 is 2.64 bits per heavy atom. The van der Waals surface area contributed by atoms with Crippen LogP contribution in [-0.2, 0) is 24.6 Å². The van der Waals surface area contributed by atoms with Gasteiger partial charge < -0.3 is 15.8 Å². The summed E-state index contributed by atoms with van der Waals surface area (Å²) in [6.07, 6.45) is 3.96. The molecule has 3 N–H and O–H groups in total. The molecule has 1 unspecified atom stereocenters. The van der Waals surface area contributed by atoms with Crippen molar-refractivity contribution >= 4 is 6.09 Å². The normalized spacial score (nSPS) is 17.5. The Bertz CT molecular complexity index is 545. The van der Waals surface area contributed by atoms with Crippen LogP contribution in [0.5, 0.6) is 0 Å². The molecule has 0 spiro atoms. The summed E-state index contributed by atoms with van der Waals surface area (Å²) in [4.78, 5) is 11.9. The fourth-order valence-electron chi connectivity index (χ4n) is 2.94. The van der Waals surface area contributed by atoms with Crippen LogP contribution in [0.15, 0.2) is 0 Å². The van der Waals surface area contributed by atoms with E-state index < -0.39 is 11.7 Å². The molecule has 124 valence electrons. The number of hydrogen-bond acceptors (Lipinski definition) is 4. The van der Waals surface area contributed by atoms with Crippen LogP contribution in [-0.4, -0.2) is 27.5 Å². The summed E-state index contributed by atoms with van der Waals surface area (Å²) in [5, 5.41) is 7.42. The number of nitrogens with one attached hydrogen (secondary N) is 1. The highest BCUT2D eigenvalue weighted by atomic mass is 16.6. The number of alkyl carbamates (subject to hydrolysis) is 1. The minimum atomic E-state index is -0.514. The molecule has 1 aliphatic rings. The maximum atomic E-state index is 11.9. The third-order valence-corrected chi connectivity index (χ3v) is 3.97. The van der Waals surface area contributed by atoms with E-state index in [-0.39, 0.29) is 12.1 Å². The first kappa shape index (κ1) is 16.8. The number of nitrogens with two attached hydrogens (primary N) is 1. The molecule has 0 bridgehead atoms. The molecule has 0 radical (unpaired) electrons. The number of ether oxygens (including phenoxy) is 1. The van der Waals surface area contributed by atoms with E-state index in [2.05, 4.69) is 10.4 Å². The maximum Gasteiger partial charge on any atom is 0.407 e. The number of aryl methyl sites for hydroxylation is 2. The molecule has 0 aromatic carbocycles. The van der Waals surface area contributed by atoms with Crippen molar-refractivity contribution in [2.24, 2.45) is 12.8 Å². The average molecular weight is 308 g/mol. The smallest absolute Gasteiger partial charge is 0.407 e. The monoisotopic (exact) mass is 308 g/mol. The summed E-state index contributed by atoms with van der Waals surface area (Å²) in [7, 11) is 1.92. The Morgan fingerprint density at radius 1 is 1.36 bits per heavy atom. The molecule has 0 aliphatic heterocycles. The number of carbonyl (C=O) groups is 1. The van der Waals surface area contributed by atoms with Gasteiger partial charge in [-0.25, -0.2) is 4.79 Å². The molecule has 0 saturated carbocycles. The van der Waals surface area contributed by atoms with Crippen LogP contribution in [0.4, 0.5) is 4.79 Å². The Kier molecular flexibility index (Phi) is 4.80. The lowest BCUT2D eigenvalue weighted by Gasteiger charge is -2.26. The summed E-state index contributed by atoms with van der Waals surface area (Å²) in [5.74, 6) is 0. The van der Waals surface area contributed by atoms with Crippen molar-refractivity contribution < 1.29 is 9.53 Å². The first-order chi connectivity index (χ1) is 10.2. The number of carbonyl (C=O) groups excluding carboxylic acids is 1. The number of aromatic nitrogens is 2. The van der Waals surface area contributed by atoms with E-state index in [1.54, 1.807) is 0 Å². The van der Waals surface area contributed by atoms with Crippen LogP contribution in [0.3, 0.4) is 0 Å². The maximum absolute atomic E-state index is 11.9. The van der Waals surface area contributed by atoms with Crippen LogP contribution in [0.25, 0.3) is 0 Å². The highest BCUT2D eigenvalue weighted by Crippen LogP contribution is 2.28. The van der Waals surface area contributed by atoms with Crippen molar-refractivity contribution in [2.75, 3.05) is 0 Å². The largest absolute Gasteiger partial charge is 0.444 e. The topological polar surface area (TPSA) is 82.2 Å². The van der Waals surface area contributed by atoms with Crippen LogP contribution < -0.4 is 11.1 Å². The van der Waals surface area contributed by atoms with Gasteiger partial charge in [-0.1, -0.05) is 0 Å². The van der Waals surface area contributed by atoms with Crippen LogP contribution >= 0.6 is 0 Å². The number of fused-ring (bicyclic) bond motifs is 1. The molecule has 22 heavy (non-hydrogen) atoms. The molecule has 0 saturated heterocycles. The second kappa shape index (κ2) is 6.28. The van der Waals surface area contributed by atoms with Gasteiger partial charge in [0.1, 0.15) is 5.60 Å². The van der Waals surface area contributed by atoms with Crippen molar-refractivity contribution in [3.8, 4) is 0 Å². The predicted octanol–water partition coefficient (Wildman–Crippen LogP) is 2.21. The van der Waals surface area contributed by atoms with Gasteiger partial charge in [0.15, 0.2) is 0 Å².